The summed E-state index contributed by atoms with van der Waals surface area (Å²) in [6.07, 6.45) is 1.21. The van der Waals surface area contributed by atoms with E-state index >= 15 is 0 Å². The van der Waals surface area contributed by atoms with Crippen molar-refractivity contribution in [2.45, 2.75) is 12.5 Å². The third-order valence-electron chi connectivity index (χ3n) is 1.83. The molecule has 14 heavy (non-hydrogen) atoms. The fourth-order valence-electron chi connectivity index (χ4n) is 1.14. The van der Waals surface area contributed by atoms with E-state index in [0.717, 1.165) is 6.26 Å². The number of carbonyl (C=O) groups excluding carboxylic acids is 2. The average Bonchev–Trinajstić information content (AvgIpc) is 2.27. The second kappa shape index (κ2) is 4.05. The summed E-state index contributed by atoms with van der Waals surface area (Å²) in [5.41, 5.74) is 0. The summed E-state index contributed by atoms with van der Waals surface area (Å²) < 4.78 is 21.5. The Labute approximate surface area is 82.0 Å². The molecule has 2 amide bonds. The van der Waals surface area contributed by atoms with Crippen LogP contribution in [0.15, 0.2) is 0 Å². The van der Waals surface area contributed by atoms with Crippen LogP contribution in [0.5, 0.6) is 0 Å². The molecule has 80 valence electrons. The summed E-state index contributed by atoms with van der Waals surface area (Å²) in [7, 11) is -3.03. The van der Waals surface area contributed by atoms with Crippen molar-refractivity contribution in [1.29, 1.82) is 0 Å². The molecule has 0 spiro atoms. The van der Waals surface area contributed by atoms with Crippen molar-refractivity contribution in [3.8, 4) is 0 Å². The van der Waals surface area contributed by atoms with E-state index < -0.39 is 15.9 Å². The second-order valence-corrected chi connectivity index (χ2v) is 5.51. The van der Waals surface area contributed by atoms with Gasteiger partial charge in [-0.05, 0) is 0 Å². The van der Waals surface area contributed by atoms with Gasteiger partial charge in [0.2, 0.25) is 11.8 Å². The van der Waals surface area contributed by atoms with E-state index in [2.05, 4.69) is 10.6 Å². The molecule has 0 radical (unpaired) electrons. The van der Waals surface area contributed by atoms with Crippen molar-refractivity contribution in [3.05, 3.63) is 0 Å². The van der Waals surface area contributed by atoms with Crippen LogP contribution in [0, 0.1) is 0 Å². The molecule has 0 aromatic carbocycles. The number of rotatable bonds is 4. The first-order valence-electron chi connectivity index (χ1n) is 4.13. The minimum atomic E-state index is -3.03. The molecule has 0 bridgehead atoms. The van der Waals surface area contributed by atoms with Gasteiger partial charge in [-0.25, -0.2) is 8.42 Å². The van der Waals surface area contributed by atoms with Crippen LogP contribution < -0.4 is 10.6 Å². The molecule has 6 nitrogen and oxygen atoms in total. The van der Waals surface area contributed by atoms with Crippen molar-refractivity contribution in [2.24, 2.45) is 0 Å². The van der Waals surface area contributed by atoms with Crippen LogP contribution in [0.1, 0.15) is 6.42 Å². The van der Waals surface area contributed by atoms with E-state index in [1.807, 2.05) is 0 Å². The van der Waals surface area contributed by atoms with Crippen LogP contribution in [-0.4, -0.2) is 44.8 Å². The quantitative estimate of drug-likeness (QED) is 0.536. The first-order chi connectivity index (χ1) is 6.38. The molecule has 0 aromatic rings. The molecule has 1 rings (SSSR count). The Bertz CT molecular complexity index is 349. The lowest BCUT2D eigenvalue weighted by Crippen LogP contribution is -2.38. The van der Waals surface area contributed by atoms with Crippen LogP contribution in [0.3, 0.4) is 0 Å². The lowest BCUT2D eigenvalue weighted by atomic mass is 10.2. The Kier molecular flexibility index (Phi) is 3.22. The zero-order valence-corrected chi connectivity index (χ0v) is 8.56. The zero-order valence-electron chi connectivity index (χ0n) is 7.74. The predicted octanol–water partition coefficient (Wildman–Crippen LogP) is -1.96. The van der Waals surface area contributed by atoms with Gasteiger partial charge in [0.25, 0.3) is 0 Å². The Hall–Kier alpha value is -0.950. The standard InChI is InChI=1S/C7H12N2O4S/c1-14(12,13)3-2-8-5-4-6(10)9-7(5)11/h5,8H,2-4H2,1H3,(H,9,10,11). The van der Waals surface area contributed by atoms with Crippen molar-refractivity contribution in [3.63, 3.8) is 0 Å². The van der Waals surface area contributed by atoms with Gasteiger partial charge in [0.05, 0.1) is 18.2 Å². The maximum Gasteiger partial charge on any atom is 0.244 e. The predicted molar refractivity (Wildman–Crippen MR) is 49.3 cm³/mol. The van der Waals surface area contributed by atoms with Gasteiger partial charge in [-0.3, -0.25) is 14.9 Å². The molecule has 1 heterocycles. The second-order valence-electron chi connectivity index (χ2n) is 3.25. The van der Waals surface area contributed by atoms with Gasteiger partial charge in [0.1, 0.15) is 9.84 Å². The Balaban J connectivity index is 2.33. The van der Waals surface area contributed by atoms with Gasteiger partial charge in [-0.1, -0.05) is 0 Å². The molecule has 1 aliphatic rings. The fourth-order valence-corrected chi connectivity index (χ4v) is 1.63. The number of hydrogen-bond acceptors (Lipinski definition) is 5. The minimum Gasteiger partial charge on any atom is -0.304 e. The molecule has 1 saturated heterocycles. The minimum absolute atomic E-state index is 0.0367. The third-order valence-corrected chi connectivity index (χ3v) is 2.78. The third kappa shape index (κ3) is 3.43. The van der Waals surface area contributed by atoms with Gasteiger partial charge >= 0.3 is 0 Å². The van der Waals surface area contributed by atoms with Crippen LogP contribution in [0.25, 0.3) is 0 Å². The molecular formula is C7H12N2O4S. The highest BCUT2D eigenvalue weighted by Gasteiger charge is 2.29. The van der Waals surface area contributed by atoms with E-state index in [4.69, 9.17) is 0 Å². The molecule has 1 atom stereocenters. The van der Waals surface area contributed by atoms with Crippen molar-refractivity contribution in [2.75, 3.05) is 18.6 Å². The fraction of sp³-hybridized carbons (Fsp3) is 0.714. The van der Waals surface area contributed by atoms with Crippen molar-refractivity contribution in [1.82, 2.24) is 10.6 Å². The average molecular weight is 220 g/mol. The summed E-state index contributed by atoms with van der Waals surface area (Å²) in [5.74, 6) is -0.749. The normalized spacial score (nSPS) is 22.5. The number of nitrogens with one attached hydrogen (secondary N) is 2. The van der Waals surface area contributed by atoms with E-state index in [1.165, 1.54) is 0 Å². The topological polar surface area (TPSA) is 92.3 Å². The number of hydrogen-bond donors (Lipinski definition) is 2. The monoisotopic (exact) mass is 220 g/mol. The Morgan fingerprint density at radius 3 is 2.57 bits per heavy atom. The van der Waals surface area contributed by atoms with Gasteiger partial charge in [-0.2, -0.15) is 0 Å². The van der Waals surface area contributed by atoms with E-state index in [9.17, 15) is 18.0 Å². The molecule has 1 unspecified atom stereocenters. The molecule has 2 N–H and O–H groups in total. The summed E-state index contributed by atoms with van der Waals surface area (Å²) in [6.45, 7) is 0.185. The molecule has 1 fully saturated rings. The highest BCUT2D eigenvalue weighted by atomic mass is 32.2. The number of amides is 2. The molecular weight excluding hydrogens is 208 g/mol. The van der Waals surface area contributed by atoms with Crippen molar-refractivity contribution < 1.29 is 18.0 Å². The smallest absolute Gasteiger partial charge is 0.244 e. The van der Waals surface area contributed by atoms with Gasteiger partial charge < -0.3 is 5.32 Å². The number of sulfone groups is 1. The maximum absolute atomic E-state index is 11.0. The van der Waals surface area contributed by atoms with Gasteiger partial charge in [0, 0.05) is 12.8 Å². The molecule has 0 aliphatic carbocycles. The number of imide groups is 1. The van der Waals surface area contributed by atoms with Crippen LogP contribution in [0.2, 0.25) is 0 Å². The Morgan fingerprint density at radius 2 is 2.14 bits per heavy atom. The largest absolute Gasteiger partial charge is 0.304 e. The lowest BCUT2D eigenvalue weighted by Gasteiger charge is -2.07. The van der Waals surface area contributed by atoms with Gasteiger partial charge in [-0.15, -0.1) is 0 Å². The highest BCUT2D eigenvalue weighted by Crippen LogP contribution is 2.00. The number of carbonyl (C=O) groups is 2. The van der Waals surface area contributed by atoms with E-state index in [-0.39, 0.29) is 30.5 Å². The first kappa shape index (κ1) is 11.1. The maximum atomic E-state index is 11.0. The molecule has 7 heteroatoms. The van der Waals surface area contributed by atoms with Crippen molar-refractivity contribution >= 4 is 21.7 Å². The summed E-state index contributed by atoms with van der Waals surface area (Å²) in [6, 6.07) is -0.579. The highest BCUT2D eigenvalue weighted by molar-refractivity contribution is 7.90. The molecule has 0 saturated carbocycles. The SMILES string of the molecule is CS(=O)(=O)CCNC1CC(=O)NC1=O. The lowest BCUT2D eigenvalue weighted by molar-refractivity contribution is -0.125. The van der Waals surface area contributed by atoms with Crippen LogP contribution in [-0.2, 0) is 19.4 Å². The zero-order chi connectivity index (χ0) is 10.8. The summed E-state index contributed by atoms with van der Waals surface area (Å²) >= 11 is 0. The van der Waals surface area contributed by atoms with Crippen LogP contribution >= 0.6 is 0 Å². The van der Waals surface area contributed by atoms with E-state index in [1.54, 1.807) is 0 Å². The first-order valence-corrected chi connectivity index (χ1v) is 6.19. The molecule has 1 aliphatic heterocycles. The Morgan fingerprint density at radius 1 is 1.50 bits per heavy atom. The summed E-state index contributed by atoms with van der Waals surface area (Å²) in [5, 5.41) is 4.83. The summed E-state index contributed by atoms with van der Waals surface area (Å²) in [4.78, 5) is 21.7. The van der Waals surface area contributed by atoms with E-state index in [0.29, 0.717) is 0 Å². The van der Waals surface area contributed by atoms with Crippen LogP contribution in [0.4, 0.5) is 0 Å². The molecule has 0 aromatic heterocycles. The van der Waals surface area contributed by atoms with Gasteiger partial charge in [0.15, 0.2) is 0 Å².